The van der Waals surface area contributed by atoms with E-state index in [2.05, 4.69) is 4.90 Å². The van der Waals surface area contributed by atoms with Gasteiger partial charge in [-0.15, -0.1) is 0 Å². The fourth-order valence-corrected chi connectivity index (χ4v) is 4.16. The molecular formula is C22H30F3N3O3. The number of benzene rings is 1. The topological polar surface area (TPSA) is 53.1 Å². The van der Waals surface area contributed by atoms with E-state index in [4.69, 9.17) is 4.74 Å². The molecule has 0 aromatic heterocycles. The molecule has 2 amide bonds. The molecule has 0 radical (unpaired) electrons. The van der Waals surface area contributed by atoms with Crippen molar-refractivity contribution >= 4 is 12.0 Å². The molecule has 2 fully saturated rings. The number of ether oxygens (including phenoxy) is 1. The maximum Gasteiger partial charge on any atom is 0.471 e. The molecule has 0 bridgehead atoms. The molecule has 2 aliphatic heterocycles. The van der Waals surface area contributed by atoms with Gasteiger partial charge in [-0.3, -0.25) is 9.69 Å². The van der Waals surface area contributed by atoms with Gasteiger partial charge in [0.25, 0.3) is 0 Å². The third kappa shape index (κ3) is 5.90. The Hall–Kier alpha value is -2.29. The van der Waals surface area contributed by atoms with E-state index in [0.717, 1.165) is 16.0 Å². The molecule has 2 saturated heterocycles. The van der Waals surface area contributed by atoms with Crippen molar-refractivity contribution in [1.82, 2.24) is 14.7 Å². The molecule has 9 heteroatoms. The summed E-state index contributed by atoms with van der Waals surface area (Å²) in [5.74, 6) is -1.77. The summed E-state index contributed by atoms with van der Waals surface area (Å²) in [6.07, 6.45) is -4.13. The minimum atomic E-state index is -4.87. The highest BCUT2D eigenvalue weighted by Gasteiger charge is 2.46. The van der Waals surface area contributed by atoms with Crippen LogP contribution in [0.2, 0.25) is 0 Å². The first kappa shape index (κ1) is 23.4. The molecule has 1 atom stereocenters. The van der Waals surface area contributed by atoms with Gasteiger partial charge in [0.2, 0.25) is 0 Å². The average Bonchev–Trinajstić information content (AvgIpc) is 3.15. The second-order valence-electron chi connectivity index (χ2n) is 9.10. The van der Waals surface area contributed by atoms with Gasteiger partial charge in [-0.1, -0.05) is 24.3 Å². The summed E-state index contributed by atoms with van der Waals surface area (Å²) in [4.78, 5) is 28.9. The molecule has 2 aliphatic rings. The van der Waals surface area contributed by atoms with Gasteiger partial charge in [0.1, 0.15) is 5.60 Å². The zero-order chi connectivity index (χ0) is 22.8. The summed E-state index contributed by atoms with van der Waals surface area (Å²) in [5.41, 5.74) is 1.14. The number of rotatable bonds is 3. The van der Waals surface area contributed by atoms with Gasteiger partial charge in [-0.2, -0.15) is 13.2 Å². The van der Waals surface area contributed by atoms with Gasteiger partial charge in [0.05, 0.1) is 6.04 Å². The Kier molecular flexibility index (Phi) is 6.83. The zero-order valence-electron chi connectivity index (χ0n) is 18.2. The molecule has 0 saturated carbocycles. The summed E-state index contributed by atoms with van der Waals surface area (Å²) < 4.78 is 44.5. The standard InChI is InChI=1S/C22H30F3N3O3/c1-21(2,3)31-20(30)27-13-11-26(12-14-27)15-16-7-4-5-8-17(16)18-9-6-10-28(18)19(29)22(23,24)25/h4-5,7-8,18H,6,9-15H2,1-3H3/t18-/m1/s1. The van der Waals surface area contributed by atoms with Crippen molar-refractivity contribution in [3.05, 3.63) is 35.4 Å². The minimum Gasteiger partial charge on any atom is -0.444 e. The van der Waals surface area contributed by atoms with Gasteiger partial charge in [-0.05, 0) is 44.7 Å². The van der Waals surface area contributed by atoms with Crippen molar-refractivity contribution in [2.45, 2.75) is 58.0 Å². The van der Waals surface area contributed by atoms with Crippen LogP contribution in [0.1, 0.15) is 50.8 Å². The summed E-state index contributed by atoms with van der Waals surface area (Å²) in [6.45, 7) is 8.50. The molecule has 0 spiro atoms. The van der Waals surface area contributed by atoms with Crippen molar-refractivity contribution in [3.8, 4) is 0 Å². The third-order valence-corrected chi connectivity index (χ3v) is 5.59. The van der Waals surface area contributed by atoms with Gasteiger partial charge in [-0.25, -0.2) is 4.79 Å². The molecule has 31 heavy (non-hydrogen) atoms. The largest absolute Gasteiger partial charge is 0.471 e. The first-order valence-electron chi connectivity index (χ1n) is 10.6. The number of likely N-dealkylation sites (tertiary alicyclic amines) is 1. The van der Waals surface area contributed by atoms with Crippen LogP contribution < -0.4 is 0 Å². The van der Waals surface area contributed by atoms with Crippen molar-refractivity contribution in [2.75, 3.05) is 32.7 Å². The smallest absolute Gasteiger partial charge is 0.444 e. The van der Waals surface area contributed by atoms with Gasteiger partial charge >= 0.3 is 18.2 Å². The second-order valence-corrected chi connectivity index (χ2v) is 9.10. The van der Waals surface area contributed by atoms with Crippen LogP contribution in [0.3, 0.4) is 0 Å². The molecule has 1 aromatic carbocycles. The molecule has 1 aromatic rings. The van der Waals surface area contributed by atoms with E-state index in [9.17, 15) is 22.8 Å². The lowest BCUT2D eigenvalue weighted by Gasteiger charge is -2.36. The zero-order valence-corrected chi connectivity index (χ0v) is 18.2. The van der Waals surface area contributed by atoms with E-state index in [1.165, 1.54) is 0 Å². The predicted molar refractivity (Wildman–Crippen MR) is 109 cm³/mol. The second kappa shape index (κ2) is 9.06. The first-order valence-corrected chi connectivity index (χ1v) is 10.6. The van der Waals surface area contributed by atoms with Crippen LogP contribution in [0.5, 0.6) is 0 Å². The van der Waals surface area contributed by atoms with Gasteiger partial charge < -0.3 is 14.5 Å². The highest BCUT2D eigenvalue weighted by atomic mass is 19.4. The lowest BCUT2D eigenvalue weighted by molar-refractivity contribution is -0.186. The van der Waals surface area contributed by atoms with Crippen LogP contribution in [0.15, 0.2) is 24.3 Å². The number of amides is 2. The summed E-state index contributed by atoms with van der Waals surface area (Å²) >= 11 is 0. The monoisotopic (exact) mass is 441 g/mol. The van der Waals surface area contributed by atoms with Gasteiger partial charge in [0.15, 0.2) is 0 Å². The van der Waals surface area contributed by atoms with Gasteiger partial charge in [0, 0.05) is 39.3 Å². The Labute approximate surface area is 180 Å². The van der Waals surface area contributed by atoms with Crippen LogP contribution in [0.4, 0.5) is 18.0 Å². The summed E-state index contributed by atoms with van der Waals surface area (Å²) in [5, 5.41) is 0. The Bertz CT molecular complexity index is 799. The lowest BCUT2D eigenvalue weighted by Crippen LogP contribution is -2.49. The number of hydrogen-bond acceptors (Lipinski definition) is 4. The maximum atomic E-state index is 13.0. The number of carbonyl (C=O) groups is 2. The predicted octanol–water partition coefficient (Wildman–Crippen LogP) is 3.97. The third-order valence-electron chi connectivity index (χ3n) is 5.59. The Morgan fingerprint density at radius 1 is 1.03 bits per heavy atom. The lowest BCUT2D eigenvalue weighted by atomic mass is 9.97. The average molecular weight is 441 g/mol. The minimum absolute atomic E-state index is 0.117. The quantitative estimate of drug-likeness (QED) is 0.713. The number of hydrogen-bond donors (Lipinski definition) is 0. The number of nitrogens with zero attached hydrogens (tertiary/aromatic N) is 3. The summed E-state index contributed by atoms with van der Waals surface area (Å²) in [6, 6.07) is 6.82. The van der Waals surface area contributed by atoms with E-state index in [-0.39, 0.29) is 12.6 Å². The normalized spacial score (nSPS) is 20.8. The van der Waals surface area contributed by atoms with Crippen molar-refractivity contribution in [1.29, 1.82) is 0 Å². The van der Waals surface area contributed by atoms with Crippen LogP contribution in [-0.4, -0.2) is 71.2 Å². The van der Waals surface area contributed by atoms with Crippen LogP contribution in [0.25, 0.3) is 0 Å². The van der Waals surface area contributed by atoms with Crippen molar-refractivity contribution in [3.63, 3.8) is 0 Å². The molecule has 0 N–H and O–H groups in total. The number of alkyl halides is 3. The van der Waals surface area contributed by atoms with Crippen molar-refractivity contribution in [2.24, 2.45) is 0 Å². The number of carbonyl (C=O) groups excluding carboxylic acids is 2. The molecule has 0 aliphatic carbocycles. The number of halogens is 3. The van der Waals surface area contributed by atoms with Crippen LogP contribution in [0, 0.1) is 0 Å². The highest BCUT2D eigenvalue weighted by molar-refractivity contribution is 5.82. The first-order chi connectivity index (χ1) is 14.5. The van der Waals surface area contributed by atoms with E-state index < -0.39 is 23.7 Å². The van der Waals surface area contributed by atoms with E-state index in [1.54, 1.807) is 11.0 Å². The Morgan fingerprint density at radius 2 is 1.68 bits per heavy atom. The van der Waals surface area contributed by atoms with Crippen LogP contribution >= 0.6 is 0 Å². The molecule has 172 valence electrons. The highest BCUT2D eigenvalue weighted by Crippen LogP contribution is 2.37. The maximum absolute atomic E-state index is 13.0. The fourth-order valence-electron chi connectivity index (χ4n) is 4.16. The molecular weight excluding hydrogens is 411 g/mol. The fraction of sp³-hybridized carbons (Fsp3) is 0.636. The van der Waals surface area contributed by atoms with E-state index >= 15 is 0 Å². The van der Waals surface area contributed by atoms with E-state index in [1.807, 2.05) is 39.0 Å². The number of piperazine rings is 1. The SMILES string of the molecule is CC(C)(C)OC(=O)N1CCN(Cc2ccccc2[C@H]2CCCN2C(=O)C(F)(F)F)CC1. The Balaban J connectivity index is 1.66. The van der Waals surface area contributed by atoms with Crippen molar-refractivity contribution < 1.29 is 27.5 Å². The van der Waals surface area contributed by atoms with Crippen LogP contribution in [-0.2, 0) is 16.1 Å². The molecule has 2 heterocycles. The Morgan fingerprint density at radius 3 is 2.29 bits per heavy atom. The molecule has 3 rings (SSSR count). The van der Waals surface area contributed by atoms with E-state index in [0.29, 0.717) is 45.6 Å². The molecule has 0 unspecified atom stereocenters. The molecule has 6 nitrogen and oxygen atoms in total. The summed E-state index contributed by atoms with van der Waals surface area (Å²) in [7, 11) is 0.